The van der Waals surface area contributed by atoms with E-state index >= 15 is 0 Å². The molecule has 0 aliphatic heterocycles. The number of nitriles is 1. The molecular formula is C20H31NO. The minimum atomic E-state index is 0.910. The Labute approximate surface area is 137 Å². The third-order valence-corrected chi connectivity index (χ3v) is 1.92. The quantitative estimate of drug-likeness (QED) is 0.621. The van der Waals surface area contributed by atoms with E-state index in [-0.39, 0.29) is 0 Å². The molecule has 2 nitrogen and oxygen atoms in total. The van der Waals surface area contributed by atoms with E-state index in [1.165, 1.54) is 12.5 Å². The van der Waals surface area contributed by atoms with Gasteiger partial charge < -0.3 is 4.74 Å². The van der Waals surface area contributed by atoms with Crippen molar-refractivity contribution in [2.45, 2.75) is 41.5 Å². The molecular weight excluding hydrogens is 270 g/mol. The van der Waals surface area contributed by atoms with E-state index in [1.54, 1.807) is 13.2 Å². The molecule has 2 aromatic rings. The van der Waals surface area contributed by atoms with Crippen molar-refractivity contribution in [3.8, 4) is 11.8 Å². The zero-order valence-corrected chi connectivity index (χ0v) is 15.1. The predicted molar refractivity (Wildman–Crippen MR) is 98.2 cm³/mol. The smallest absolute Gasteiger partial charge is 0.118 e. The van der Waals surface area contributed by atoms with Gasteiger partial charge in [-0.1, -0.05) is 81.8 Å². The summed E-state index contributed by atoms with van der Waals surface area (Å²) in [4.78, 5) is 0. The number of rotatable bonds is 1. The van der Waals surface area contributed by atoms with E-state index in [4.69, 9.17) is 10.00 Å². The highest BCUT2D eigenvalue weighted by Gasteiger charge is 1.80. The first-order valence-electron chi connectivity index (χ1n) is 7.66. The first-order valence-corrected chi connectivity index (χ1v) is 7.66. The van der Waals surface area contributed by atoms with Crippen LogP contribution in [0.3, 0.4) is 0 Å². The summed E-state index contributed by atoms with van der Waals surface area (Å²) in [5.74, 6) is 0.910. The van der Waals surface area contributed by atoms with Crippen LogP contribution in [0, 0.1) is 18.3 Å². The standard InChI is InChI=1S/C7H8O.C7H8.C2H3N.2C2H6/c1-8-7-5-3-2-4-6-7;1-7-5-3-2-4-6-7;1-2-3;2*1-2/h2-6H,1H3;2-6H,1H3;1H3;2*1-2H3. The third kappa shape index (κ3) is 20.1. The van der Waals surface area contributed by atoms with E-state index in [9.17, 15) is 0 Å². The van der Waals surface area contributed by atoms with Gasteiger partial charge in [0.05, 0.1) is 13.2 Å². The van der Waals surface area contributed by atoms with Crippen LogP contribution in [0.5, 0.6) is 5.75 Å². The lowest BCUT2D eigenvalue weighted by Gasteiger charge is -1.93. The van der Waals surface area contributed by atoms with Crippen LogP contribution in [0.2, 0.25) is 0 Å². The van der Waals surface area contributed by atoms with Crippen LogP contribution < -0.4 is 4.74 Å². The van der Waals surface area contributed by atoms with Gasteiger partial charge in [0.2, 0.25) is 0 Å². The second kappa shape index (κ2) is 23.8. The maximum absolute atomic E-state index is 7.32. The van der Waals surface area contributed by atoms with E-state index in [1.807, 2.05) is 76.2 Å². The molecule has 2 heteroatoms. The molecule has 122 valence electrons. The fourth-order valence-corrected chi connectivity index (χ4v) is 1.09. The van der Waals surface area contributed by atoms with Crippen molar-refractivity contribution in [1.29, 1.82) is 5.26 Å². The molecule has 0 bridgehead atoms. The maximum Gasteiger partial charge on any atom is 0.118 e. The Morgan fingerprint density at radius 3 is 1.27 bits per heavy atom. The zero-order valence-electron chi connectivity index (χ0n) is 15.1. The monoisotopic (exact) mass is 301 g/mol. The highest BCUT2D eigenvalue weighted by molar-refractivity contribution is 5.20. The lowest BCUT2D eigenvalue weighted by Crippen LogP contribution is -1.78. The zero-order chi connectivity index (χ0) is 17.6. The number of ether oxygens (including phenoxy) is 1. The molecule has 0 saturated heterocycles. The summed E-state index contributed by atoms with van der Waals surface area (Å²) in [6.07, 6.45) is 0. The molecule has 0 aromatic heterocycles. The summed E-state index contributed by atoms with van der Waals surface area (Å²) in [6, 6.07) is 21.7. The van der Waals surface area contributed by atoms with Gasteiger partial charge in [-0.2, -0.15) is 5.26 Å². The first kappa shape index (κ1) is 24.7. The number of hydrogen-bond donors (Lipinski definition) is 0. The van der Waals surface area contributed by atoms with Crippen LogP contribution in [-0.4, -0.2) is 7.11 Å². The normalized spacial score (nSPS) is 6.82. The van der Waals surface area contributed by atoms with E-state index in [0.29, 0.717) is 0 Å². The Bertz CT molecular complexity index is 432. The van der Waals surface area contributed by atoms with Gasteiger partial charge in [0, 0.05) is 6.92 Å². The summed E-state index contributed by atoms with van der Waals surface area (Å²) in [5.41, 5.74) is 1.32. The Morgan fingerprint density at radius 2 is 1.09 bits per heavy atom. The molecule has 0 fully saturated rings. The molecule has 0 aliphatic rings. The van der Waals surface area contributed by atoms with Crippen LogP contribution in [0.1, 0.15) is 40.2 Å². The molecule has 0 radical (unpaired) electrons. The summed E-state index contributed by atoms with van der Waals surface area (Å²) in [5, 5.41) is 7.32. The Kier molecular flexibility index (Phi) is 26.7. The van der Waals surface area contributed by atoms with Gasteiger partial charge in [-0.25, -0.2) is 0 Å². The molecule has 0 aliphatic carbocycles. The molecule has 0 spiro atoms. The average molecular weight is 301 g/mol. The van der Waals surface area contributed by atoms with Gasteiger partial charge >= 0.3 is 0 Å². The largest absolute Gasteiger partial charge is 0.497 e. The SMILES string of the molecule is CC.CC.CC#N.COc1ccccc1.Cc1ccccc1. The minimum absolute atomic E-state index is 0.910. The van der Waals surface area contributed by atoms with Gasteiger partial charge in [0.1, 0.15) is 5.75 Å². The number of aryl methyl sites for hydroxylation is 1. The van der Waals surface area contributed by atoms with Crippen LogP contribution >= 0.6 is 0 Å². The number of methoxy groups -OCH3 is 1. The number of nitrogens with zero attached hydrogens (tertiary/aromatic N) is 1. The number of hydrogen-bond acceptors (Lipinski definition) is 2. The van der Waals surface area contributed by atoms with Gasteiger partial charge in [-0.3, -0.25) is 0 Å². The second-order valence-electron chi connectivity index (χ2n) is 3.40. The van der Waals surface area contributed by atoms with Crippen molar-refractivity contribution < 1.29 is 4.74 Å². The topological polar surface area (TPSA) is 33.0 Å². The van der Waals surface area contributed by atoms with Gasteiger partial charge in [-0.15, -0.1) is 0 Å². The van der Waals surface area contributed by atoms with E-state index < -0.39 is 0 Å². The van der Waals surface area contributed by atoms with Crippen LogP contribution in [0.15, 0.2) is 60.7 Å². The summed E-state index contributed by atoms with van der Waals surface area (Å²) in [7, 11) is 1.66. The highest BCUT2D eigenvalue weighted by Crippen LogP contribution is 2.05. The van der Waals surface area contributed by atoms with Gasteiger partial charge in [0.25, 0.3) is 0 Å². The predicted octanol–water partition coefficient (Wildman–Crippen LogP) is 6.27. The molecule has 0 amide bonds. The van der Waals surface area contributed by atoms with Crippen molar-refractivity contribution in [1.82, 2.24) is 0 Å². The molecule has 0 atom stereocenters. The first-order chi connectivity index (χ1) is 10.7. The van der Waals surface area contributed by atoms with Gasteiger partial charge in [-0.05, 0) is 19.1 Å². The molecule has 0 unspecified atom stereocenters. The molecule has 22 heavy (non-hydrogen) atoms. The van der Waals surface area contributed by atoms with Crippen LogP contribution in [-0.2, 0) is 0 Å². The van der Waals surface area contributed by atoms with Crippen molar-refractivity contribution in [3.05, 3.63) is 66.2 Å². The lowest BCUT2D eigenvalue weighted by atomic mass is 10.2. The maximum atomic E-state index is 7.32. The molecule has 2 aromatic carbocycles. The second-order valence-corrected chi connectivity index (χ2v) is 3.40. The number of benzene rings is 2. The van der Waals surface area contributed by atoms with E-state index in [2.05, 4.69) is 19.1 Å². The minimum Gasteiger partial charge on any atom is -0.497 e. The van der Waals surface area contributed by atoms with Crippen LogP contribution in [0.4, 0.5) is 0 Å². The Balaban J connectivity index is -0.000000236. The summed E-state index contributed by atoms with van der Waals surface area (Å²) in [6.45, 7) is 11.5. The lowest BCUT2D eigenvalue weighted by molar-refractivity contribution is 0.415. The molecule has 0 saturated carbocycles. The highest BCUT2D eigenvalue weighted by atomic mass is 16.5. The van der Waals surface area contributed by atoms with E-state index in [0.717, 1.165) is 5.75 Å². The van der Waals surface area contributed by atoms with Gasteiger partial charge in [0.15, 0.2) is 0 Å². The van der Waals surface area contributed by atoms with Crippen molar-refractivity contribution in [2.24, 2.45) is 0 Å². The third-order valence-electron chi connectivity index (χ3n) is 1.92. The van der Waals surface area contributed by atoms with Crippen molar-refractivity contribution >= 4 is 0 Å². The fraction of sp³-hybridized carbons (Fsp3) is 0.350. The van der Waals surface area contributed by atoms with Crippen molar-refractivity contribution in [2.75, 3.05) is 7.11 Å². The molecule has 0 heterocycles. The fourth-order valence-electron chi connectivity index (χ4n) is 1.09. The van der Waals surface area contributed by atoms with Crippen LogP contribution in [0.25, 0.3) is 0 Å². The Hall–Kier alpha value is -2.27. The summed E-state index contributed by atoms with van der Waals surface area (Å²) >= 11 is 0. The molecule has 0 N–H and O–H groups in total. The Morgan fingerprint density at radius 1 is 0.773 bits per heavy atom. The average Bonchev–Trinajstić information content (AvgIpc) is 2.61. The molecule has 2 rings (SSSR count). The van der Waals surface area contributed by atoms with Crippen molar-refractivity contribution in [3.63, 3.8) is 0 Å². The number of para-hydroxylation sites is 1. The summed E-state index contributed by atoms with van der Waals surface area (Å²) < 4.78 is 4.91.